The van der Waals surface area contributed by atoms with Crippen molar-refractivity contribution >= 4 is 5.82 Å². The molecule has 1 N–H and O–H groups in total. The van der Waals surface area contributed by atoms with Crippen LogP contribution in [0.1, 0.15) is 11.1 Å². The summed E-state index contributed by atoms with van der Waals surface area (Å²) in [7, 11) is 0. The molecule has 1 heterocycles. The Labute approximate surface area is 102 Å². The lowest BCUT2D eigenvalue weighted by Gasteiger charge is -2.08. The van der Waals surface area contributed by atoms with E-state index in [2.05, 4.69) is 15.5 Å². The van der Waals surface area contributed by atoms with Gasteiger partial charge in [-0.15, -0.1) is 5.10 Å². The van der Waals surface area contributed by atoms with E-state index in [1.807, 2.05) is 0 Å². The first-order valence-electron chi connectivity index (χ1n) is 5.23. The molecule has 0 unspecified atom stereocenters. The molecule has 0 aliphatic heterocycles. The lowest BCUT2D eigenvalue weighted by atomic mass is 10.1. The minimum atomic E-state index is -4.29. The minimum absolute atomic E-state index is 0.400. The Morgan fingerprint density at radius 2 is 1.78 bits per heavy atom. The number of benzene rings is 1. The standard InChI is InChI=1S/C12H10F3N3/c13-12(14,15)10-5-3-9(4-6-10)8-16-11-2-1-7-17-18-11/h1-7H,8H2,(H,16,18). The summed E-state index contributed by atoms with van der Waals surface area (Å²) < 4.78 is 37.0. The number of halogens is 3. The van der Waals surface area contributed by atoms with Crippen molar-refractivity contribution in [2.45, 2.75) is 12.7 Å². The Morgan fingerprint density at radius 1 is 1.06 bits per heavy atom. The van der Waals surface area contributed by atoms with Gasteiger partial charge in [0.1, 0.15) is 5.82 Å². The molecule has 6 heteroatoms. The molecule has 18 heavy (non-hydrogen) atoms. The van der Waals surface area contributed by atoms with Crippen molar-refractivity contribution < 1.29 is 13.2 Å². The summed E-state index contributed by atoms with van der Waals surface area (Å²) in [6, 6.07) is 8.46. The van der Waals surface area contributed by atoms with Crippen LogP contribution in [0.4, 0.5) is 19.0 Å². The average molecular weight is 253 g/mol. The Kier molecular flexibility index (Phi) is 3.45. The summed E-state index contributed by atoms with van der Waals surface area (Å²) in [6.45, 7) is 0.400. The third kappa shape index (κ3) is 3.19. The molecule has 0 fully saturated rings. The van der Waals surface area contributed by atoms with Crippen molar-refractivity contribution in [3.8, 4) is 0 Å². The third-order valence-electron chi connectivity index (χ3n) is 2.33. The summed E-state index contributed by atoms with van der Waals surface area (Å²) in [5, 5.41) is 10.5. The zero-order valence-electron chi connectivity index (χ0n) is 9.28. The van der Waals surface area contributed by atoms with Crippen LogP contribution in [0.3, 0.4) is 0 Å². The smallest absolute Gasteiger partial charge is 0.365 e. The fourth-order valence-corrected chi connectivity index (χ4v) is 1.40. The van der Waals surface area contributed by atoms with E-state index < -0.39 is 11.7 Å². The van der Waals surface area contributed by atoms with Crippen LogP contribution in [0.25, 0.3) is 0 Å². The molecule has 0 saturated heterocycles. The molecular formula is C12H10F3N3. The van der Waals surface area contributed by atoms with Gasteiger partial charge in [-0.3, -0.25) is 0 Å². The van der Waals surface area contributed by atoms with E-state index in [4.69, 9.17) is 0 Å². The molecule has 0 bridgehead atoms. The molecule has 0 amide bonds. The maximum absolute atomic E-state index is 12.3. The first-order chi connectivity index (χ1) is 8.55. The van der Waals surface area contributed by atoms with E-state index in [1.165, 1.54) is 12.1 Å². The number of hydrogen-bond donors (Lipinski definition) is 1. The Balaban J connectivity index is 1.99. The lowest BCUT2D eigenvalue weighted by molar-refractivity contribution is -0.137. The summed E-state index contributed by atoms with van der Waals surface area (Å²) >= 11 is 0. The number of alkyl halides is 3. The van der Waals surface area contributed by atoms with Gasteiger partial charge >= 0.3 is 6.18 Å². The van der Waals surface area contributed by atoms with Gasteiger partial charge in [0.05, 0.1) is 5.56 Å². The van der Waals surface area contributed by atoms with Crippen LogP contribution in [0.5, 0.6) is 0 Å². The molecule has 0 spiro atoms. The van der Waals surface area contributed by atoms with Crippen LogP contribution in [-0.2, 0) is 12.7 Å². The molecule has 1 aromatic carbocycles. The highest BCUT2D eigenvalue weighted by Crippen LogP contribution is 2.29. The molecule has 0 saturated carbocycles. The second-order valence-electron chi connectivity index (χ2n) is 3.66. The predicted molar refractivity (Wildman–Crippen MR) is 60.8 cm³/mol. The Bertz CT molecular complexity index is 494. The van der Waals surface area contributed by atoms with E-state index in [0.717, 1.165) is 17.7 Å². The van der Waals surface area contributed by atoms with Crippen LogP contribution >= 0.6 is 0 Å². The highest BCUT2D eigenvalue weighted by molar-refractivity contribution is 5.34. The van der Waals surface area contributed by atoms with E-state index >= 15 is 0 Å². The minimum Gasteiger partial charge on any atom is -0.365 e. The van der Waals surface area contributed by atoms with E-state index in [1.54, 1.807) is 18.3 Å². The number of hydrogen-bond acceptors (Lipinski definition) is 3. The SMILES string of the molecule is FC(F)(F)c1ccc(CNc2cccnn2)cc1. The lowest BCUT2D eigenvalue weighted by Crippen LogP contribution is -2.06. The maximum atomic E-state index is 12.3. The first-order valence-corrected chi connectivity index (χ1v) is 5.23. The topological polar surface area (TPSA) is 37.8 Å². The summed E-state index contributed by atoms with van der Waals surface area (Å²) in [5.41, 5.74) is 0.0967. The molecular weight excluding hydrogens is 243 g/mol. The van der Waals surface area contributed by atoms with Gasteiger partial charge in [0.2, 0.25) is 0 Å². The normalized spacial score (nSPS) is 11.3. The molecule has 94 valence electrons. The quantitative estimate of drug-likeness (QED) is 0.913. The number of nitrogens with one attached hydrogen (secondary N) is 1. The molecule has 2 rings (SSSR count). The largest absolute Gasteiger partial charge is 0.416 e. The zero-order chi connectivity index (χ0) is 13.0. The fraction of sp³-hybridized carbons (Fsp3) is 0.167. The van der Waals surface area contributed by atoms with Crippen LogP contribution in [0.15, 0.2) is 42.6 Å². The number of nitrogens with zero attached hydrogens (tertiary/aromatic N) is 2. The van der Waals surface area contributed by atoms with Crippen LogP contribution in [-0.4, -0.2) is 10.2 Å². The van der Waals surface area contributed by atoms with Gasteiger partial charge in [-0.05, 0) is 29.8 Å². The molecule has 3 nitrogen and oxygen atoms in total. The van der Waals surface area contributed by atoms with Crippen molar-refractivity contribution in [3.05, 3.63) is 53.7 Å². The van der Waals surface area contributed by atoms with Crippen LogP contribution < -0.4 is 5.32 Å². The second-order valence-corrected chi connectivity index (χ2v) is 3.66. The second kappa shape index (κ2) is 5.03. The van der Waals surface area contributed by atoms with Crippen molar-refractivity contribution in [1.29, 1.82) is 0 Å². The Hall–Kier alpha value is -2.11. The molecule has 1 aromatic heterocycles. The highest BCUT2D eigenvalue weighted by Gasteiger charge is 2.29. The zero-order valence-corrected chi connectivity index (χ0v) is 9.28. The van der Waals surface area contributed by atoms with Gasteiger partial charge in [-0.1, -0.05) is 12.1 Å². The van der Waals surface area contributed by atoms with Gasteiger partial charge in [-0.25, -0.2) is 0 Å². The maximum Gasteiger partial charge on any atom is 0.416 e. The first kappa shape index (κ1) is 12.3. The van der Waals surface area contributed by atoms with Crippen molar-refractivity contribution in [2.75, 3.05) is 5.32 Å². The van der Waals surface area contributed by atoms with Gasteiger partial charge in [-0.2, -0.15) is 18.3 Å². The molecule has 0 aliphatic rings. The number of rotatable bonds is 3. The molecule has 0 atom stereocenters. The Morgan fingerprint density at radius 3 is 2.33 bits per heavy atom. The monoisotopic (exact) mass is 253 g/mol. The van der Waals surface area contributed by atoms with Crippen molar-refractivity contribution in [2.24, 2.45) is 0 Å². The molecule has 2 aromatic rings. The summed E-state index contributed by atoms with van der Waals surface area (Å²) in [5.74, 6) is 0.581. The van der Waals surface area contributed by atoms with Gasteiger partial charge < -0.3 is 5.32 Å². The summed E-state index contributed by atoms with van der Waals surface area (Å²) in [6.07, 6.45) is -2.75. The van der Waals surface area contributed by atoms with Gasteiger partial charge in [0.15, 0.2) is 0 Å². The van der Waals surface area contributed by atoms with Gasteiger partial charge in [0.25, 0.3) is 0 Å². The molecule has 0 aliphatic carbocycles. The summed E-state index contributed by atoms with van der Waals surface area (Å²) in [4.78, 5) is 0. The van der Waals surface area contributed by atoms with Crippen LogP contribution in [0, 0.1) is 0 Å². The van der Waals surface area contributed by atoms with Crippen molar-refractivity contribution in [3.63, 3.8) is 0 Å². The predicted octanol–water partition coefficient (Wildman–Crippen LogP) is 3.11. The van der Waals surface area contributed by atoms with E-state index in [9.17, 15) is 13.2 Å². The molecule has 0 radical (unpaired) electrons. The third-order valence-corrected chi connectivity index (χ3v) is 2.33. The van der Waals surface area contributed by atoms with E-state index in [0.29, 0.717) is 12.4 Å². The van der Waals surface area contributed by atoms with Crippen molar-refractivity contribution in [1.82, 2.24) is 10.2 Å². The number of anilines is 1. The van der Waals surface area contributed by atoms with Gasteiger partial charge in [0, 0.05) is 12.7 Å². The number of aromatic nitrogens is 2. The van der Waals surface area contributed by atoms with Crippen LogP contribution in [0.2, 0.25) is 0 Å². The average Bonchev–Trinajstić information content (AvgIpc) is 2.37. The highest BCUT2D eigenvalue weighted by atomic mass is 19.4. The fourth-order valence-electron chi connectivity index (χ4n) is 1.40. The van der Waals surface area contributed by atoms with E-state index in [-0.39, 0.29) is 0 Å².